The third kappa shape index (κ3) is 4.95. The summed E-state index contributed by atoms with van der Waals surface area (Å²) in [4.78, 5) is 21.5. The van der Waals surface area contributed by atoms with Crippen LogP contribution in [0.15, 0.2) is 24.3 Å². The van der Waals surface area contributed by atoms with Gasteiger partial charge in [0, 0.05) is 18.2 Å². The number of ether oxygens (including phenoxy) is 1. The van der Waals surface area contributed by atoms with Crippen molar-refractivity contribution in [2.75, 3.05) is 6.61 Å². The van der Waals surface area contributed by atoms with Crippen LogP contribution in [0.2, 0.25) is 0 Å². The number of nitro benzene ring substituents is 1. The van der Waals surface area contributed by atoms with Crippen molar-refractivity contribution in [1.29, 1.82) is 0 Å². The van der Waals surface area contributed by atoms with E-state index in [0.29, 0.717) is 11.7 Å². The van der Waals surface area contributed by atoms with Gasteiger partial charge < -0.3 is 10.1 Å². The number of amides is 1. The lowest BCUT2D eigenvalue weighted by molar-refractivity contribution is -0.384. The highest BCUT2D eigenvalue weighted by Crippen LogP contribution is 2.17. The van der Waals surface area contributed by atoms with Gasteiger partial charge in [0.25, 0.3) is 11.6 Å². The second kappa shape index (κ2) is 6.72. The normalized spacial score (nSPS) is 12.0. The summed E-state index contributed by atoms with van der Waals surface area (Å²) in [5, 5.41) is 13.3. The second-order valence-electron chi connectivity index (χ2n) is 4.64. The quantitative estimate of drug-likeness (QED) is 0.631. The Kier molecular flexibility index (Phi) is 5.29. The van der Waals surface area contributed by atoms with E-state index in [1.807, 2.05) is 20.8 Å². The zero-order valence-electron chi connectivity index (χ0n) is 11.3. The molecule has 104 valence electrons. The molecule has 1 unspecified atom stereocenters. The summed E-state index contributed by atoms with van der Waals surface area (Å²) in [5.74, 6) is 0.570. The van der Waals surface area contributed by atoms with Gasteiger partial charge in [-0.1, -0.05) is 13.8 Å². The van der Waals surface area contributed by atoms with Crippen molar-refractivity contribution in [2.45, 2.75) is 26.8 Å². The SMILES string of the molecule is CC(C)C(C)NC(=O)COc1ccc([N+](=O)[O-])cc1. The summed E-state index contributed by atoms with van der Waals surface area (Å²) >= 11 is 0. The van der Waals surface area contributed by atoms with E-state index in [2.05, 4.69) is 5.32 Å². The molecular formula is C13H18N2O4. The lowest BCUT2D eigenvalue weighted by Crippen LogP contribution is -2.38. The van der Waals surface area contributed by atoms with Gasteiger partial charge in [-0.2, -0.15) is 0 Å². The number of hydrogen-bond acceptors (Lipinski definition) is 4. The molecule has 0 bridgehead atoms. The number of rotatable bonds is 6. The highest BCUT2D eigenvalue weighted by molar-refractivity contribution is 5.77. The number of non-ortho nitro benzene ring substituents is 1. The van der Waals surface area contributed by atoms with E-state index in [-0.39, 0.29) is 24.2 Å². The van der Waals surface area contributed by atoms with Crippen LogP contribution < -0.4 is 10.1 Å². The van der Waals surface area contributed by atoms with Gasteiger partial charge in [0.15, 0.2) is 6.61 Å². The zero-order chi connectivity index (χ0) is 14.4. The predicted octanol–water partition coefficient (Wildman–Crippen LogP) is 2.13. The lowest BCUT2D eigenvalue weighted by Gasteiger charge is -2.17. The fourth-order valence-corrected chi connectivity index (χ4v) is 1.28. The van der Waals surface area contributed by atoms with Crippen LogP contribution in [-0.2, 0) is 4.79 Å². The summed E-state index contributed by atoms with van der Waals surface area (Å²) in [6.07, 6.45) is 0. The molecule has 1 atom stereocenters. The van der Waals surface area contributed by atoms with Gasteiger partial charge in [-0.25, -0.2) is 0 Å². The summed E-state index contributed by atoms with van der Waals surface area (Å²) in [6.45, 7) is 5.85. The largest absolute Gasteiger partial charge is 0.484 e. The van der Waals surface area contributed by atoms with Crippen LogP contribution in [0.5, 0.6) is 5.75 Å². The Morgan fingerprint density at radius 1 is 1.32 bits per heavy atom. The maximum atomic E-state index is 11.6. The molecule has 1 N–H and O–H groups in total. The van der Waals surface area contributed by atoms with Crippen LogP contribution in [0.4, 0.5) is 5.69 Å². The third-order valence-corrected chi connectivity index (χ3v) is 2.81. The molecule has 19 heavy (non-hydrogen) atoms. The molecular weight excluding hydrogens is 248 g/mol. The standard InChI is InChI=1S/C13H18N2O4/c1-9(2)10(3)14-13(16)8-19-12-6-4-11(5-7-12)15(17)18/h4-7,9-10H,8H2,1-3H3,(H,14,16). The Morgan fingerprint density at radius 2 is 1.89 bits per heavy atom. The second-order valence-corrected chi connectivity index (χ2v) is 4.64. The van der Waals surface area contributed by atoms with E-state index in [4.69, 9.17) is 4.74 Å². The highest BCUT2D eigenvalue weighted by Gasteiger charge is 2.11. The van der Waals surface area contributed by atoms with Gasteiger partial charge in [-0.15, -0.1) is 0 Å². The molecule has 0 radical (unpaired) electrons. The molecule has 0 aliphatic heterocycles. The van der Waals surface area contributed by atoms with Gasteiger partial charge in [-0.3, -0.25) is 14.9 Å². The Balaban J connectivity index is 2.44. The molecule has 0 fully saturated rings. The van der Waals surface area contributed by atoms with Gasteiger partial charge in [0.05, 0.1) is 4.92 Å². The van der Waals surface area contributed by atoms with Gasteiger partial charge in [0.1, 0.15) is 5.75 Å². The average molecular weight is 266 g/mol. The van der Waals surface area contributed by atoms with E-state index in [1.54, 1.807) is 0 Å². The van der Waals surface area contributed by atoms with Crippen LogP contribution in [-0.4, -0.2) is 23.5 Å². The number of hydrogen-bond donors (Lipinski definition) is 1. The number of nitrogens with one attached hydrogen (secondary N) is 1. The summed E-state index contributed by atoms with van der Waals surface area (Å²) in [6, 6.07) is 5.69. The number of nitro groups is 1. The van der Waals surface area contributed by atoms with Crippen LogP contribution in [0.1, 0.15) is 20.8 Å². The smallest absolute Gasteiger partial charge is 0.269 e. The number of carbonyl (C=O) groups excluding carboxylic acids is 1. The topological polar surface area (TPSA) is 81.5 Å². The van der Waals surface area contributed by atoms with Crippen LogP contribution in [0.25, 0.3) is 0 Å². The maximum Gasteiger partial charge on any atom is 0.269 e. The molecule has 6 heteroatoms. The van der Waals surface area contributed by atoms with Crippen molar-refractivity contribution in [3.63, 3.8) is 0 Å². The van der Waals surface area contributed by atoms with E-state index in [0.717, 1.165) is 0 Å². The van der Waals surface area contributed by atoms with Crippen molar-refractivity contribution in [1.82, 2.24) is 5.32 Å². The Bertz CT molecular complexity index is 442. The van der Waals surface area contributed by atoms with Crippen molar-refractivity contribution < 1.29 is 14.5 Å². The first-order chi connectivity index (χ1) is 8.90. The number of carbonyl (C=O) groups is 1. The molecule has 0 aliphatic rings. The summed E-state index contributed by atoms with van der Waals surface area (Å²) < 4.78 is 5.25. The molecule has 1 aromatic carbocycles. The number of nitrogens with zero attached hydrogens (tertiary/aromatic N) is 1. The number of benzene rings is 1. The van der Waals surface area contributed by atoms with Crippen molar-refractivity contribution in [3.8, 4) is 5.75 Å². The van der Waals surface area contributed by atoms with E-state index < -0.39 is 4.92 Å². The Morgan fingerprint density at radius 3 is 2.37 bits per heavy atom. The minimum absolute atomic E-state index is 0.00904. The fourth-order valence-electron chi connectivity index (χ4n) is 1.28. The van der Waals surface area contributed by atoms with E-state index >= 15 is 0 Å². The zero-order valence-corrected chi connectivity index (χ0v) is 11.3. The summed E-state index contributed by atoms with van der Waals surface area (Å²) in [5.41, 5.74) is -0.00904. The van der Waals surface area contributed by atoms with E-state index in [9.17, 15) is 14.9 Å². The first-order valence-electron chi connectivity index (χ1n) is 6.06. The fraction of sp³-hybridized carbons (Fsp3) is 0.462. The minimum atomic E-state index is -0.485. The monoisotopic (exact) mass is 266 g/mol. The first kappa shape index (κ1) is 14.9. The predicted molar refractivity (Wildman–Crippen MR) is 71.0 cm³/mol. The molecule has 1 aromatic rings. The molecule has 1 rings (SSSR count). The van der Waals surface area contributed by atoms with Gasteiger partial charge in [0.2, 0.25) is 0 Å². The van der Waals surface area contributed by atoms with Gasteiger partial charge >= 0.3 is 0 Å². The average Bonchev–Trinajstić information content (AvgIpc) is 2.36. The Hall–Kier alpha value is -2.11. The first-order valence-corrected chi connectivity index (χ1v) is 6.06. The molecule has 6 nitrogen and oxygen atoms in total. The molecule has 0 aliphatic carbocycles. The lowest BCUT2D eigenvalue weighted by atomic mass is 10.1. The molecule has 0 saturated carbocycles. The molecule has 0 heterocycles. The van der Waals surface area contributed by atoms with Crippen molar-refractivity contribution in [3.05, 3.63) is 34.4 Å². The molecule has 0 saturated heterocycles. The van der Waals surface area contributed by atoms with E-state index in [1.165, 1.54) is 24.3 Å². The van der Waals surface area contributed by atoms with Crippen LogP contribution in [0, 0.1) is 16.0 Å². The van der Waals surface area contributed by atoms with Crippen molar-refractivity contribution >= 4 is 11.6 Å². The van der Waals surface area contributed by atoms with Crippen LogP contribution >= 0.6 is 0 Å². The molecule has 1 amide bonds. The molecule has 0 aromatic heterocycles. The highest BCUT2D eigenvalue weighted by atomic mass is 16.6. The minimum Gasteiger partial charge on any atom is -0.484 e. The summed E-state index contributed by atoms with van der Waals surface area (Å²) in [7, 11) is 0. The molecule has 0 spiro atoms. The maximum absolute atomic E-state index is 11.6. The Labute approximate surface area is 111 Å². The van der Waals surface area contributed by atoms with Crippen LogP contribution in [0.3, 0.4) is 0 Å². The van der Waals surface area contributed by atoms with Gasteiger partial charge in [-0.05, 0) is 25.0 Å². The van der Waals surface area contributed by atoms with Crippen molar-refractivity contribution in [2.24, 2.45) is 5.92 Å². The third-order valence-electron chi connectivity index (χ3n) is 2.81.